The number of esters is 1. The minimum absolute atomic E-state index is 0.355. The summed E-state index contributed by atoms with van der Waals surface area (Å²) in [5, 5.41) is 11.9. The van der Waals surface area contributed by atoms with E-state index in [4.69, 9.17) is 9.84 Å². The Kier molecular flexibility index (Phi) is 9.38. The zero-order valence-electron chi connectivity index (χ0n) is 12.6. The molecule has 0 saturated heterocycles. The van der Waals surface area contributed by atoms with Gasteiger partial charge in [0, 0.05) is 0 Å². The van der Waals surface area contributed by atoms with Crippen LogP contribution in [0.4, 0.5) is 4.39 Å². The molecule has 114 valence electrons. The fourth-order valence-electron chi connectivity index (χ4n) is 1.52. The Morgan fingerprint density at radius 1 is 1.45 bits per heavy atom. The summed E-state index contributed by atoms with van der Waals surface area (Å²) < 4.78 is 18.3. The molecular weight excluding hydrogens is 261 g/mol. The summed E-state index contributed by atoms with van der Waals surface area (Å²) in [6.45, 7) is 6.35. The number of phenols is 1. The summed E-state index contributed by atoms with van der Waals surface area (Å²) in [4.78, 5) is 11.8. The van der Waals surface area contributed by atoms with Gasteiger partial charge >= 0.3 is 5.97 Å². The van der Waals surface area contributed by atoms with Crippen LogP contribution in [0.2, 0.25) is 0 Å². The van der Waals surface area contributed by atoms with Crippen LogP contribution in [0.5, 0.6) is 5.75 Å². The van der Waals surface area contributed by atoms with Crippen LogP contribution in [0.15, 0.2) is 18.2 Å². The third-order valence-corrected chi connectivity index (χ3v) is 2.57. The molecule has 0 aliphatic rings. The number of aromatic hydroxyl groups is 1. The number of benzene rings is 1. The molecule has 1 unspecified atom stereocenters. The lowest BCUT2D eigenvalue weighted by Crippen LogP contribution is -2.27. The van der Waals surface area contributed by atoms with Crippen LogP contribution < -0.4 is 5.32 Å². The maximum absolute atomic E-state index is 13.2. The topological polar surface area (TPSA) is 58.6 Å². The van der Waals surface area contributed by atoms with Gasteiger partial charge in [0.05, 0.1) is 6.61 Å². The highest BCUT2D eigenvalue weighted by Gasteiger charge is 2.21. The van der Waals surface area contributed by atoms with Crippen molar-refractivity contribution in [3.63, 3.8) is 0 Å². The predicted octanol–water partition coefficient (Wildman–Crippen LogP) is 3.16. The van der Waals surface area contributed by atoms with Gasteiger partial charge in [0.2, 0.25) is 0 Å². The van der Waals surface area contributed by atoms with Crippen molar-refractivity contribution in [3.05, 3.63) is 29.6 Å². The van der Waals surface area contributed by atoms with E-state index in [2.05, 4.69) is 5.32 Å². The van der Waals surface area contributed by atoms with E-state index in [9.17, 15) is 9.18 Å². The van der Waals surface area contributed by atoms with Crippen molar-refractivity contribution in [2.24, 2.45) is 0 Å². The van der Waals surface area contributed by atoms with E-state index in [0.29, 0.717) is 12.2 Å². The van der Waals surface area contributed by atoms with E-state index in [0.717, 1.165) is 18.9 Å². The fraction of sp³-hybridized carbons (Fsp3) is 0.533. The lowest BCUT2D eigenvalue weighted by atomic mass is 10.1. The maximum Gasteiger partial charge on any atom is 0.327 e. The molecule has 0 aliphatic heterocycles. The van der Waals surface area contributed by atoms with Crippen LogP contribution in [0.3, 0.4) is 0 Å². The van der Waals surface area contributed by atoms with Gasteiger partial charge in [-0.25, -0.2) is 9.18 Å². The number of carbonyl (C=O) groups is 1. The Morgan fingerprint density at radius 2 is 2.10 bits per heavy atom. The van der Waals surface area contributed by atoms with E-state index >= 15 is 0 Å². The first-order valence-corrected chi connectivity index (χ1v) is 6.92. The number of hydrogen-bond donors (Lipinski definition) is 2. The number of nitrogens with one attached hydrogen (secondary N) is 1. The smallest absolute Gasteiger partial charge is 0.327 e. The van der Waals surface area contributed by atoms with E-state index in [1.54, 1.807) is 7.05 Å². The first kappa shape index (κ1) is 18.4. The van der Waals surface area contributed by atoms with Crippen molar-refractivity contribution in [3.8, 4) is 5.75 Å². The molecule has 1 aromatic rings. The van der Waals surface area contributed by atoms with E-state index in [1.165, 1.54) is 12.1 Å². The van der Waals surface area contributed by atoms with Gasteiger partial charge in [0.15, 0.2) is 11.6 Å². The standard InChI is InChI=1S/C13H18FNO3.C2H6/c1-3-4-7-18-13(17)12(15-2)9-5-6-11(16)10(14)8-9;1-2/h5-6,8,12,15-16H,3-4,7H2,1-2H3;1-2H3. The predicted molar refractivity (Wildman–Crippen MR) is 77.1 cm³/mol. The third kappa shape index (κ3) is 5.57. The second-order valence-electron chi connectivity index (χ2n) is 3.95. The molecule has 0 spiro atoms. The molecule has 0 radical (unpaired) electrons. The highest BCUT2D eigenvalue weighted by atomic mass is 19.1. The van der Waals surface area contributed by atoms with Crippen molar-refractivity contribution < 1.29 is 19.0 Å². The molecule has 0 bridgehead atoms. The van der Waals surface area contributed by atoms with Gasteiger partial charge in [-0.1, -0.05) is 33.3 Å². The van der Waals surface area contributed by atoms with Crippen molar-refractivity contribution in [2.45, 2.75) is 39.7 Å². The monoisotopic (exact) mass is 285 g/mol. The van der Waals surface area contributed by atoms with Crippen LogP contribution in [-0.4, -0.2) is 24.7 Å². The van der Waals surface area contributed by atoms with Crippen LogP contribution in [-0.2, 0) is 9.53 Å². The first-order chi connectivity index (χ1) is 9.60. The third-order valence-electron chi connectivity index (χ3n) is 2.57. The molecule has 20 heavy (non-hydrogen) atoms. The maximum atomic E-state index is 13.2. The number of halogens is 1. The van der Waals surface area contributed by atoms with E-state index in [1.807, 2.05) is 20.8 Å². The van der Waals surface area contributed by atoms with E-state index < -0.39 is 23.6 Å². The molecule has 1 atom stereocenters. The molecule has 4 nitrogen and oxygen atoms in total. The lowest BCUT2D eigenvalue weighted by Gasteiger charge is -2.15. The number of hydrogen-bond acceptors (Lipinski definition) is 4. The van der Waals surface area contributed by atoms with Crippen molar-refractivity contribution in [2.75, 3.05) is 13.7 Å². The van der Waals surface area contributed by atoms with Gasteiger partial charge in [-0.3, -0.25) is 0 Å². The second-order valence-corrected chi connectivity index (χ2v) is 3.95. The highest BCUT2D eigenvalue weighted by molar-refractivity contribution is 5.77. The van der Waals surface area contributed by atoms with Gasteiger partial charge in [0.25, 0.3) is 0 Å². The molecule has 0 aromatic heterocycles. The van der Waals surface area contributed by atoms with Crippen LogP contribution in [0, 0.1) is 5.82 Å². The average Bonchev–Trinajstić information content (AvgIpc) is 2.46. The van der Waals surface area contributed by atoms with Gasteiger partial charge < -0.3 is 15.2 Å². The number of ether oxygens (including phenoxy) is 1. The van der Waals surface area contributed by atoms with E-state index in [-0.39, 0.29) is 0 Å². The van der Waals surface area contributed by atoms with Crippen LogP contribution in [0.25, 0.3) is 0 Å². The van der Waals surface area contributed by atoms with Crippen LogP contribution in [0.1, 0.15) is 45.2 Å². The number of carbonyl (C=O) groups excluding carboxylic acids is 1. The minimum Gasteiger partial charge on any atom is -0.505 e. The molecule has 1 rings (SSSR count). The lowest BCUT2D eigenvalue weighted by molar-refractivity contribution is -0.146. The zero-order chi connectivity index (χ0) is 15.5. The summed E-state index contributed by atoms with van der Waals surface area (Å²) >= 11 is 0. The molecular formula is C15H24FNO3. The Labute approximate surface area is 120 Å². The number of phenolic OH excluding ortho intramolecular Hbond substituents is 1. The normalized spacial score (nSPS) is 11.2. The summed E-state index contributed by atoms with van der Waals surface area (Å²) in [7, 11) is 1.59. The number of rotatable bonds is 6. The molecule has 1 aromatic carbocycles. The fourth-order valence-corrected chi connectivity index (χ4v) is 1.52. The average molecular weight is 285 g/mol. The number of unbranched alkanes of at least 4 members (excludes halogenated alkanes) is 1. The first-order valence-electron chi connectivity index (χ1n) is 6.92. The SMILES string of the molecule is CC.CCCCOC(=O)C(NC)c1ccc(O)c(F)c1. The van der Waals surface area contributed by atoms with Gasteiger partial charge in [-0.2, -0.15) is 0 Å². The molecule has 0 aliphatic carbocycles. The summed E-state index contributed by atoms with van der Waals surface area (Å²) in [6, 6.07) is 3.10. The summed E-state index contributed by atoms with van der Waals surface area (Å²) in [5.74, 6) is -1.64. The largest absolute Gasteiger partial charge is 0.505 e. The van der Waals surface area contributed by atoms with Gasteiger partial charge in [-0.15, -0.1) is 0 Å². The Morgan fingerprint density at radius 3 is 2.60 bits per heavy atom. The Bertz CT molecular complexity index is 410. The molecule has 2 N–H and O–H groups in total. The minimum atomic E-state index is -0.755. The van der Waals surface area contributed by atoms with Crippen molar-refractivity contribution >= 4 is 5.97 Å². The quantitative estimate of drug-likeness (QED) is 0.622. The van der Waals surface area contributed by atoms with Gasteiger partial charge in [-0.05, 0) is 31.2 Å². The van der Waals surface area contributed by atoms with Crippen molar-refractivity contribution in [1.29, 1.82) is 0 Å². The zero-order valence-corrected chi connectivity index (χ0v) is 12.6. The summed E-state index contributed by atoms with van der Waals surface area (Å²) in [6.07, 6.45) is 1.73. The Balaban J connectivity index is 0.00000172. The molecule has 0 fully saturated rings. The van der Waals surface area contributed by atoms with Crippen LogP contribution >= 0.6 is 0 Å². The molecule has 5 heteroatoms. The number of likely N-dealkylation sites (N-methyl/N-ethyl adjacent to an activating group) is 1. The van der Waals surface area contributed by atoms with Crippen molar-refractivity contribution in [1.82, 2.24) is 5.32 Å². The highest BCUT2D eigenvalue weighted by Crippen LogP contribution is 2.21. The molecule has 0 heterocycles. The molecule has 0 amide bonds. The molecule has 0 saturated carbocycles. The Hall–Kier alpha value is -1.62. The van der Waals surface area contributed by atoms with Gasteiger partial charge in [0.1, 0.15) is 6.04 Å². The second kappa shape index (κ2) is 10.2. The summed E-state index contributed by atoms with van der Waals surface area (Å²) in [5.41, 5.74) is 0.425.